The molecule has 0 aliphatic heterocycles. The fraction of sp³-hybridized carbons (Fsp3) is 0.286. The number of anilines is 1. The van der Waals surface area contributed by atoms with Crippen molar-refractivity contribution in [1.82, 2.24) is 0 Å². The minimum absolute atomic E-state index is 0.477. The fourth-order valence-electron chi connectivity index (χ4n) is 2.01. The number of rotatable bonds is 4. The van der Waals surface area contributed by atoms with Crippen molar-refractivity contribution < 1.29 is 4.42 Å². The molecule has 0 saturated heterocycles. The van der Waals surface area contributed by atoms with Gasteiger partial charge in [-0.2, -0.15) is 0 Å². The molecule has 0 atom stereocenters. The summed E-state index contributed by atoms with van der Waals surface area (Å²) in [5, 5.41) is 0.715. The van der Waals surface area contributed by atoms with Crippen molar-refractivity contribution >= 4 is 17.3 Å². The maximum absolute atomic E-state index is 5.98. The highest BCUT2D eigenvalue weighted by molar-refractivity contribution is 6.30. The van der Waals surface area contributed by atoms with E-state index in [1.807, 2.05) is 38.2 Å². The van der Waals surface area contributed by atoms with Gasteiger partial charge in [0, 0.05) is 36.4 Å². The summed E-state index contributed by atoms with van der Waals surface area (Å²) in [5.74, 6) is 0.949. The predicted molar refractivity (Wildman–Crippen MR) is 74.9 cm³/mol. The Kier molecular flexibility index (Phi) is 3.94. The monoisotopic (exact) mass is 264 g/mol. The van der Waals surface area contributed by atoms with Crippen molar-refractivity contribution in [3.63, 3.8) is 0 Å². The Hall–Kier alpha value is -1.45. The number of hydrogen-bond donors (Lipinski definition) is 1. The van der Waals surface area contributed by atoms with Crippen LogP contribution < -0.4 is 10.6 Å². The third-order valence-electron chi connectivity index (χ3n) is 3.05. The van der Waals surface area contributed by atoms with Crippen molar-refractivity contribution in [1.29, 1.82) is 0 Å². The van der Waals surface area contributed by atoms with Gasteiger partial charge in [-0.05, 0) is 36.8 Å². The summed E-state index contributed by atoms with van der Waals surface area (Å²) in [5.41, 5.74) is 9.08. The van der Waals surface area contributed by atoms with Crippen LogP contribution >= 0.6 is 11.6 Å². The Labute approximate surface area is 112 Å². The first kappa shape index (κ1) is 13.0. The van der Waals surface area contributed by atoms with Crippen LogP contribution in [0.2, 0.25) is 5.02 Å². The number of benzene rings is 1. The quantitative estimate of drug-likeness (QED) is 0.921. The standard InChI is InChI=1S/C14H17ClN2O/c1-10-11(5-6-18-10)9-17(2)14-4-3-13(15)7-12(14)8-16/h3-7H,8-9,16H2,1-2H3. The second-order valence-corrected chi connectivity index (χ2v) is 4.77. The Bertz CT molecular complexity index is 536. The minimum Gasteiger partial charge on any atom is -0.469 e. The lowest BCUT2D eigenvalue weighted by Gasteiger charge is -2.22. The molecule has 2 aromatic rings. The van der Waals surface area contributed by atoms with Crippen molar-refractivity contribution in [3.8, 4) is 0 Å². The lowest BCUT2D eigenvalue weighted by molar-refractivity contribution is 0.529. The van der Waals surface area contributed by atoms with E-state index in [4.69, 9.17) is 21.8 Å². The van der Waals surface area contributed by atoms with Crippen molar-refractivity contribution in [2.75, 3.05) is 11.9 Å². The van der Waals surface area contributed by atoms with Crippen LogP contribution in [-0.4, -0.2) is 7.05 Å². The van der Waals surface area contributed by atoms with E-state index in [1.165, 1.54) is 5.56 Å². The molecule has 2 N–H and O–H groups in total. The van der Waals surface area contributed by atoms with Crippen LogP contribution in [0.3, 0.4) is 0 Å². The molecule has 0 saturated carbocycles. The smallest absolute Gasteiger partial charge is 0.105 e. The molecule has 0 fully saturated rings. The SMILES string of the molecule is Cc1occc1CN(C)c1ccc(Cl)cc1CN. The Morgan fingerprint density at radius 1 is 1.28 bits per heavy atom. The molecule has 0 amide bonds. The van der Waals surface area contributed by atoms with Gasteiger partial charge in [0.1, 0.15) is 5.76 Å². The highest BCUT2D eigenvalue weighted by Crippen LogP contribution is 2.25. The molecule has 4 heteroatoms. The fourth-order valence-corrected chi connectivity index (χ4v) is 2.20. The maximum atomic E-state index is 5.98. The Morgan fingerprint density at radius 3 is 2.67 bits per heavy atom. The van der Waals surface area contributed by atoms with Gasteiger partial charge in [-0.15, -0.1) is 0 Å². The zero-order valence-electron chi connectivity index (χ0n) is 10.6. The zero-order valence-corrected chi connectivity index (χ0v) is 11.4. The molecule has 1 heterocycles. The van der Waals surface area contributed by atoms with Crippen molar-refractivity contribution in [2.24, 2.45) is 5.73 Å². The molecule has 0 radical (unpaired) electrons. The number of nitrogens with two attached hydrogens (primary N) is 1. The number of nitrogens with zero attached hydrogens (tertiary/aromatic N) is 1. The topological polar surface area (TPSA) is 42.4 Å². The predicted octanol–water partition coefficient (Wildman–Crippen LogP) is 3.34. The third kappa shape index (κ3) is 2.68. The van der Waals surface area contributed by atoms with Gasteiger partial charge in [0.05, 0.1) is 6.26 Å². The van der Waals surface area contributed by atoms with E-state index in [0.717, 1.165) is 23.6 Å². The number of halogens is 1. The summed E-state index contributed by atoms with van der Waals surface area (Å²) in [6.07, 6.45) is 1.71. The normalized spacial score (nSPS) is 10.7. The van der Waals surface area contributed by atoms with Crippen LogP contribution in [0.4, 0.5) is 5.69 Å². The first-order valence-electron chi connectivity index (χ1n) is 5.84. The second kappa shape index (κ2) is 5.46. The molecule has 0 unspecified atom stereocenters. The summed E-state index contributed by atoms with van der Waals surface area (Å²) < 4.78 is 5.30. The van der Waals surface area contributed by atoms with Crippen LogP contribution in [0.25, 0.3) is 0 Å². The molecule has 3 nitrogen and oxygen atoms in total. The number of furan rings is 1. The highest BCUT2D eigenvalue weighted by Gasteiger charge is 2.10. The molecule has 0 bridgehead atoms. The van der Waals surface area contributed by atoms with Crippen LogP contribution in [0, 0.1) is 6.92 Å². The molecule has 96 valence electrons. The van der Waals surface area contributed by atoms with E-state index in [2.05, 4.69) is 4.90 Å². The summed E-state index contributed by atoms with van der Waals surface area (Å²) in [6.45, 7) is 3.23. The van der Waals surface area contributed by atoms with Gasteiger partial charge in [-0.3, -0.25) is 0 Å². The van der Waals surface area contributed by atoms with Gasteiger partial charge in [-0.25, -0.2) is 0 Å². The second-order valence-electron chi connectivity index (χ2n) is 4.34. The Morgan fingerprint density at radius 2 is 2.06 bits per heavy atom. The first-order chi connectivity index (χ1) is 8.61. The molecule has 0 aliphatic rings. The molecule has 1 aromatic carbocycles. The lowest BCUT2D eigenvalue weighted by atomic mass is 10.1. The van der Waals surface area contributed by atoms with Crippen LogP contribution in [0.15, 0.2) is 34.9 Å². The maximum Gasteiger partial charge on any atom is 0.105 e. The number of hydrogen-bond acceptors (Lipinski definition) is 3. The minimum atomic E-state index is 0.477. The summed E-state index contributed by atoms with van der Waals surface area (Å²) in [7, 11) is 2.04. The van der Waals surface area contributed by atoms with Gasteiger partial charge < -0.3 is 15.1 Å². The summed E-state index contributed by atoms with van der Waals surface area (Å²) >= 11 is 5.98. The van der Waals surface area contributed by atoms with E-state index in [-0.39, 0.29) is 0 Å². The largest absolute Gasteiger partial charge is 0.469 e. The molecule has 0 aliphatic carbocycles. The van der Waals surface area contributed by atoms with Gasteiger partial charge in [0.15, 0.2) is 0 Å². The van der Waals surface area contributed by atoms with E-state index in [1.54, 1.807) is 6.26 Å². The van der Waals surface area contributed by atoms with Crippen molar-refractivity contribution in [2.45, 2.75) is 20.0 Å². The van der Waals surface area contributed by atoms with Crippen molar-refractivity contribution in [3.05, 3.63) is 52.4 Å². The summed E-state index contributed by atoms with van der Waals surface area (Å²) in [4.78, 5) is 2.15. The molecule has 18 heavy (non-hydrogen) atoms. The molecular formula is C14H17ClN2O. The zero-order chi connectivity index (χ0) is 13.1. The van der Waals surface area contributed by atoms with Crippen LogP contribution in [-0.2, 0) is 13.1 Å². The molecule has 2 rings (SSSR count). The lowest BCUT2D eigenvalue weighted by Crippen LogP contribution is -2.19. The average molecular weight is 265 g/mol. The third-order valence-corrected chi connectivity index (χ3v) is 3.28. The molecule has 1 aromatic heterocycles. The molecule has 0 spiro atoms. The van der Waals surface area contributed by atoms with Gasteiger partial charge in [-0.1, -0.05) is 11.6 Å². The van der Waals surface area contributed by atoms with Gasteiger partial charge in [0.25, 0.3) is 0 Å². The average Bonchev–Trinajstić information content (AvgIpc) is 2.74. The van der Waals surface area contributed by atoms with Gasteiger partial charge in [0.2, 0.25) is 0 Å². The summed E-state index contributed by atoms with van der Waals surface area (Å²) in [6, 6.07) is 7.79. The molecular weight excluding hydrogens is 248 g/mol. The van der Waals surface area contributed by atoms with Crippen LogP contribution in [0.1, 0.15) is 16.9 Å². The number of aryl methyl sites for hydroxylation is 1. The first-order valence-corrected chi connectivity index (χ1v) is 6.22. The van der Waals surface area contributed by atoms with Gasteiger partial charge >= 0.3 is 0 Å². The van der Waals surface area contributed by atoms with E-state index in [0.29, 0.717) is 11.6 Å². The van der Waals surface area contributed by atoms with Crippen LogP contribution in [0.5, 0.6) is 0 Å². The van der Waals surface area contributed by atoms with E-state index < -0.39 is 0 Å². The van der Waals surface area contributed by atoms with E-state index >= 15 is 0 Å². The van der Waals surface area contributed by atoms with E-state index in [9.17, 15) is 0 Å². The Balaban J connectivity index is 2.23. The highest BCUT2D eigenvalue weighted by atomic mass is 35.5.